The van der Waals surface area contributed by atoms with Crippen LogP contribution in [-0.4, -0.2) is 45.1 Å². The fraction of sp³-hybridized carbons (Fsp3) is 0.182. The summed E-state index contributed by atoms with van der Waals surface area (Å²) >= 11 is 2.83. The number of hydrogen-bond donors (Lipinski definition) is 2. The maximum atomic E-state index is 13.4. The van der Waals surface area contributed by atoms with Gasteiger partial charge in [-0.05, 0) is 60.7 Å². The number of carbonyl (C=O) groups is 2. The van der Waals surface area contributed by atoms with Crippen molar-refractivity contribution in [3.63, 3.8) is 0 Å². The molecule has 1 aliphatic heterocycles. The van der Waals surface area contributed by atoms with Gasteiger partial charge in [0.15, 0.2) is 16.0 Å². The molecular formula is C33H27N5O4S2. The number of fused-ring (bicyclic) bond motifs is 3. The van der Waals surface area contributed by atoms with E-state index in [1.165, 1.54) is 22.7 Å². The van der Waals surface area contributed by atoms with E-state index in [-0.39, 0.29) is 11.6 Å². The highest BCUT2D eigenvalue weighted by atomic mass is 32.1. The van der Waals surface area contributed by atoms with Gasteiger partial charge in [0.05, 0.1) is 16.8 Å². The second-order valence-corrected chi connectivity index (χ2v) is 12.5. The Morgan fingerprint density at radius 2 is 1.84 bits per heavy atom. The highest BCUT2D eigenvalue weighted by molar-refractivity contribution is 7.22. The number of pyridine rings is 1. The lowest BCUT2D eigenvalue weighted by Crippen LogP contribution is -2.32. The molecule has 0 radical (unpaired) electrons. The van der Waals surface area contributed by atoms with E-state index in [0.717, 1.165) is 38.7 Å². The third-order valence-electron chi connectivity index (χ3n) is 7.59. The zero-order chi connectivity index (χ0) is 30.0. The van der Waals surface area contributed by atoms with Crippen LogP contribution in [0.1, 0.15) is 43.3 Å². The summed E-state index contributed by atoms with van der Waals surface area (Å²) in [7, 11) is 0. The van der Waals surface area contributed by atoms with Gasteiger partial charge in [0, 0.05) is 35.1 Å². The van der Waals surface area contributed by atoms with Gasteiger partial charge in [-0.1, -0.05) is 53.8 Å². The topological polar surface area (TPSA) is 118 Å². The number of carboxylic acids is 1. The maximum absolute atomic E-state index is 13.4. The SMILES string of the molecule is O=C(Nc1nc2ccccc2s1)c1cccc2c1CN(c1nc(C(=O)O)c(CCCOc3cccc4cccnc34)s1)CC2. The molecule has 0 saturated heterocycles. The van der Waals surface area contributed by atoms with Crippen LogP contribution in [0.15, 0.2) is 79.0 Å². The molecule has 0 fully saturated rings. The van der Waals surface area contributed by atoms with E-state index < -0.39 is 5.97 Å². The molecule has 9 nitrogen and oxygen atoms in total. The molecule has 1 amide bonds. The molecule has 6 aromatic rings. The number of nitrogens with one attached hydrogen (secondary N) is 1. The molecule has 0 spiro atoms. The van der Waals surface area contributed by atoms with Crippen molar-refractivity contribution in [1.29, 1.82) is 0 Å². The van der Waals surface area contributed by atoms with Crippen LogP contribution >= 0.6 is 22.7 Å². The minimum Gasteiger partial charge on any atom is -0.491 e. The number of aromatic nitrogens is 3. The Morgan fingerprint density at radius 1 is 0.977 bits per heavy atom. The monoisotopic (exact) mass is 621 g/mol. The number of amides is 1. The Kier molecular flexibility index (Phi) is 7.63. The Balaban J connectivity index is 1.05. The summed E-state index contributed by atoms with van der Waals surface area (Å²) in [6.07, 6.45) is 3.62. The molecule has 11 heteroatoms. The number of aryl methyl sites for hydroxylation is 1. The fourth-order valence-electron chi connectivity index (χ4n) is 5.47. The molecule has 3 aromatic carbocycles. The quantitative estimate of drug-likeness (QED) is 0.169. The Morgan fingerprint density at radius 3 is 2.73 bits per heavy atom. The molecule has 4 heterocycles. The van der Waals surface area contributed by atoms with E-state index in [9.17, 15) is 14.7 Å². The fourth-order valence-corrected chi connectivity index (χ4v) is 7.44. The summed E-state index contributed by atoms with van der Waals surface area (Å²) in [6.45, 7) is 1.56. The highest BCUT2D eigenvalue weighted by Crippen LogP contribution is 2.33. The number of hydrogen-bond acceptors (Lipinski definition) is 9. The Bertz CT molecular complexity index is 1980. The molecule has 44 heavy (non-hydrogen) atoms. The summed E-state index contributed by atoms with van der Waals surface area (Å²) < 4.78 is 7.03. The largest absolute Gasteiger partial charge is 0.491 e. The summed E-state index contributed by atoms with van der Waals surface area (Å²) in [5.74, 6) is -0.549. The molecule has 7 rings (SSSR count). The highest BCUT2D eigenvalue weighted by Gasteiger charge is 2.26. The minimum atomic E-state index is -1.05. The van der Waals surface area contributed by atoms with Crippen LogP contribution in [0.4, 0.5) is 10.3 Å². The molecule has 0 saturated carbocycles. The lowest BCUT2D eigenvalue weighted by Gasteiger charge is -2.29. The van der Waals surface area contributed by atoms with Crippen LogP contribution in [0.25, 0.3) is 21.1 Å². The lowest BCUT2D eigenvalue weighted by atomic mass is 9.94. The molecule has 2 N–H and O–H groups in total. The summed E-state index contributed by atoms with van der Waals surface area (Å²) in [5.41, 5.74) is 4.34. The van der Waals surface area contributed by atoms with Crippen LogP contribution in [0, 0.1) is 0 Å². The number of rotatable bonds is 9. The van der Waals surface area contributed by atoms with Gasteiger partial charge in [-0.15, -0.1) is 11.3 Å². The van der Waals surface area contributed by atoms with Crippen molar-refractivity contribution >= 4 is 65.9 Å². The van der Waals surface area contributed by atoms with Gasteiger partial charge < -0.3 is 14.7 Å². The number of carboxylic acid groups (broad SMARTS) is 1. The van der Waals surface area contributed by atoms with Crippen molar-refractivity contribution in [2.45, 2.75) is 25.8 Å². The van der Waals surface area contributed by atoms with Gasteiger partial charge >= 0.3 is 5.97 Å². The van der Waals surface area contributed by atoms with Gasteiger partial charge in [-0.3, -0.25) is 15.1 Å². The Labute approximate surface area is 260 Å². The zero-order valence-corrected chi connectivity index (χ0v) is 25.2. The first-order valence-electron chi connectivity index (χ1n) is 14.3. The van der Waals surface area contributed by atoms with Crippen LogP contribution in [-0.2, 0) is 19.4 Å². The standard InChI is InChI=1S/C33H27N5O4S2/c39-30(37-32-35-24-11-1-2-13-26(24)43-32)22-10-3-7-20-15-17-38(19-23(20)22)33-36-29(31(40)41)27(44-33)14-6-18-42-25-12-4-8-21-9-5-16-34-28(21)25/h1-5,7-13,16H,6,14-15,17-19H2,(H,40,41)(H,35,37,39). The second-order valence-electron chi connectivity index (χ2n) is 10.4. The van der Waals surface area contributed by atoms with E-state index >= 15 is 0 Å². The molecule has 220 valence electrons. The predicted molar refractivity (Wildman–Crippen MR) is 173 cm³/mol. The van der Waals surface area contributed by atoms with Crippen molar-refractivity contribution in [1.82, 2.24) is 15.0 Å². The van der Waals surface area contributed by atoms with Crippen LogP contribution in [0.5, 0.6) is 5.75 Å². The maximum Gasteiger partial charge on any atom is 0.355 e. The molecule has 3 aromatic heterocycles. The van der Waals surface area contributed by atoms with Gasteiger partial charge in [0.25, 0.3) is 5.91 Å². The molecule has 0 aliphatic carbocycles. The number of benzene rings is 3. The number of aromatic carboxylic acids is 1. The minimum absolute atomic E-state index is 0.0736. The smallest absolute Gasteiger partial charge is 0.355 e. The normalized spacial score (nSPS) is 12.8. The lowest BCUT2D eigenvalue weighted by molar-refractivity contribution is 0.0690. The number of anilines is 2. The molecule has 1 aliphatic rings. The third kappa shape index (κ3) is 5.59. The van der Waals surface area contributed by atoms with E-state index in [4.69, 9.17) is 4.74 Å². The summed E-state index contributed by atoms with van der Waals surface area (Å²) in [6, 6.07) is 23.3. The average Bonchev–Trinajstić information content (AvgIpc) is 3.67. The third-order valence-corrected chi connectivity index (χ3v) is 9.72. The van der Waals surface area contributed by atoms with Gasteiger partial charge in [-0.25, -0.2) is 14.8 Å². The van der Waals surface area contributed by atoms with E-state index in [1.54, 1.807) is 6.20 Å². The van der Waals surface area contributed by atoms with E-state index in [1.807, 2.05) is 72.8 Å². The van der Waals surface area contributed by atoms with Crippen molar-refractivity contribution in [3.8, 4) is 5.75 Å². The van der Waals surface area contributed by atoms with Crippen molar-refractivity contribution in [3.05, 3.63) is 106 Å². The van der Waals surface area contributed by atoms with Crippen LogP contribution < -0.4 is 15.0 Å². The first kappa shape index (κ1) is 27.9. The molecular weight excluding hydrogens is 595 g/mol. The number of para-hydroxylation sites is 2. The first-order chi connectivity index (χ1) is 21.5. The molecule has 0 atom stereocenters. The average molecular weight is 622 g/mol. The second kappa shape index (κ2) is 12.0. The van der Waals surface area contributed by atoms with Crippen molar-refractivity contribution in [2.75, 3.05) is 23.4 Å². The zero-order valence-electron chi connectivity index (χ0n) is 23.5. The van der Waals surface area contributed by atoms with Crippen LogP contribution in [0.3, 0.4) is 0 Å². The van der Waals surface area contributed by atoms with E-state index in [2.05, 4.69) is 25.2 Å². The van der Waals surface area contributed by atoms with Crippen LogP contribution in [0.2, 0.25) is 0 Å². The van der Waals surface area contributed by atoms with Gasteiger partial charge in [-0.2, -0.15) is 0 Å². The van der Waals surface area contributed by atoms with Crippen molar-refractivity contribution in [2.24, 2.45) is 0 Å². The molecule has 0 unspecified atom stereocenters. The van der Waals surface area contributed by atoms with Gasteiger partial charge in [0.1, 0.15) is 11.3 Å². The number of ether oxygens (including phenoxy) is 1. The summed E-state index contributed by atoms with van der Waals surface area (Å²) in [5, 5.41) is 15.1. The van der Waals surface area contributed by atoms with E-state index in [0.29, 0.717) is 59.0 Å². The van der Waals surface area contributed by atoms with Gasteiger partial charge in [0.2, 0.25) is 0 Å². The number of nitrogens with zero attached hydrogens (tertiary/aromatic N) is 4. The summed E-state index contributed by atoms with van der Waals surface area (Å²) in [4.78, 5) is 41.8. The number of carbonyl (C=O) groups excluding carboxylic acids is 1. The first-order valence-corrected chi connectivity index (χ1v) is 15.9. The molecule has 0 bridgehead atoms. The Hall–Kier alpha value is -4.87. The predicted octanol–water partition coefficient (Wildman–Crippen LogP) is 6.83. The van der Waals surface area contributed by atoms with Crippen molar-refractivity contribution < 1.29 is 19.4 Å². The number of thiazole rings is 2.